The first-order chi connectivity index (χ1) is 8.24. The summed E-state index contributed by atoms with van der Waals surface area (Å²) in [6.45, 7) is 5.69. The number of likely N-dealkylation sites (N-methyl/N-ethyl adjacent to an activating group) is 1. The van der Waals surface area contributed by atoms with Gasteiger partial charge in [-0.05, 0) is 39.0 Å². The van der Waals surface area contributed by atoms with E-state index in [1.165, 1.54) is 17.0 Å². The predicted molar refractivity (Wildman–Crippen MR) is 68.7 cm³/mol. The first-order valence-electron chi connectivity index (χ1n) is 5.81. The number of carbonyl (C=O) groups is 1. The number of carbonyl (C=O) groups excluding carboxylic acids is 1. The van der Waals surface area contributed by atoms with E-state index >= 15 is 0 Å². The van der Waals surface area contributed by atoms with Gasteiger partial charge in [0.05, 0.1) is 11.2 Å². The number of aliphatic hydroxyl groups is 1. The molecule has 0 aliphatic carbocycles. The molecule has 1 amide bonds. The van der Waals surface area contributed by atoms with Gasteiger partial charge in [-0.25, -0.2) is 4.39 Å². The summed E-state index contributed by atoms with van der Waals surface area (Å²) >= 11 is 0. The van der Waals surface area contributed by atoms with Gasteiger partial charge < -0.3 is 15.7 Å². The smallest absolute Gasteiger partial charge is 0.256 e. The number of hydrogen-bond donors (Lipinski definition) is 2. The maximum absolute atomic E-state index is 12.9. The molecule has 5 heteroatoms. The second-order valence-electron chi connectivity index (χ2n) is 4.86. The van der Waals surface area contributed by atoms with Crippen LogP contribution in [0.5, 0.6) is 0 Å². The van der Waals surface area contributed by atoms with Crippen molar-refractivity contribution in [3.05, 3.63) is 29.6 Å². The van der Waals surface area contributed by atoms with Crippen LogP contribution in [0.3, 0.4) is 0 Å². The average molecular weight is 254 g/mol. The van der Waals surface area contributed by atoms with E-state index in [2.05, 4.69) is 0 Å². The molecular weight excluding hydrogens is 235 g/mol. The second kappa shape index (κ2) is 5.35. The van der Waals surface area contributed by atoms with Crippen LogP contribution in [0.25, 0.3) is 0 Å². The van der Waals surface area contributed by atoms with Crippen LogP contribution in [0.2, 0.25) is 0 Å². The highest BCUT2D eigenvalue weighted by Crippen LogP contribution is 2.17. The van der Waals surface area contributed by atoms with Gasteiger partial charge in [-0.2, -0.15) is 0 Å². The number of halogens is 1. The average Bonchev–Trinajstić information content (AvgIpc) is 2.24. The Hall–Kier alpha value is -1.62. The van der Waals surface area contributed by atoms with E-state index in [4.69, 9.17) is 5.73 Å². The summed E-state index contributed by atoms with van der Waals surface area (Å²) in [6.07, 6.45) is 0. The van der Waals surface area contributed by atoms with Gasteiger partial charge in [-0.1, -0.05) is 0 Å². The van der Waals surface area contributed by atoms with E-state index in [-0.39, 0.29) is 23.7 Å². The van der Waals surface area contributed by atoms with Crippen LogP contribution < -0.4 is 5.73 Å². The zero-order valence-electron chi connectivity index (χ0n) is 10.9. The fourth-order valence-electron chi connectivity index (χ4n) is 1.69. The monoisotopic (exact) mass is 254 g/mol. The Balaban J connectivity index is 2.97. The van der Waals surface area contributed by atoms with Gasteiger partial charge in [0.2, 0.25) is 0 Å². The SMILES string of the molecule is CCN(CC(C)(C)O)C(=O)c1ccc(F)cc1N. The van der Waals surface area contributed by atoms with Crippen molar-refractivity contribution in [1.82, 2.24) is 4.90 Å². The van der Waals surface area contributed by atoms with Crippen molar-refractivity contribution in [1.29, 1.82) is 0 Å². The number of nitrogens with zero attached hydrogens (tertiary/aromatic N) is 1. The molecule has 0 fully saturated rings. The maximum Gasteiger partial charge on any atom is 0.256 e. The summed E-state index contributed by atoms with van der Waals surface area (Å²) in [5, 5.41) is 9.74. The van der Waals surface area contributed by atoms with Crippen molar-refractivity contribution in [3.63, 3.8) is 0 Å². The first kappa shape index (κ1) is 14.4. The standard InChI is InChI=1S/C13H19FN2O2/c1-4-16(8-13(2,3)18)12(17)10-6-5-9(14)7-11(10)15/h5-7,18H,4,8,15H2,1-3H3. The molecule has 100 valence electrons. The number of hydrogen-bond acceptors (Lipinski definition) is 3. The third-order valence-corrected chi connectivity index (χ3v) is 2.49. The van der Waals surface area contributed by atoms with E-state index in [0.29, 0.717) is 6.54 Å². The van der Waals surface area contributed by atoms with Crippen molar-refractivity contribution in [2.24, 2.45) is 0 Å². The molecule has 0 spiro atoms. The Morgan fingerprint density at radius 2 is 2.11 bits per heavy atom. The Kier molecular flexibility index (Phi) is 4.29. The van der Waals surface area contributed by atoms with Crippen LogP contribution >= 0.6 is 0 Å². The quantitative estimate of drug-likeness (QED) is 0.803. The van der Waals surface area contributed by atoms with E-state index in [1.807, 2.05) is 6.92 Å². The van der Waals surface area contributed by atoms with Crippen LogP contribution in [0.4, 0.5) is 10.1 Å². The highest BCUT2D eigenvalue weighted by Gasteiger charge is 2.23. The molecule has 1 aromatic carbocycles. The largest absolute Gasteiger partial charge is 0.398 e. The topological polar surface area (TPSA) is 66.6 Å². The van der Waals surface area contributed by atoms with Crippen molar-refractivity contribution < 1.29 is 14.3 Å². The van der Waals surface area contributed by atoms with Gasteiger partial charge in [0, 0.05) is 18.8 Å². The third-order valence-electron chi connectivity index (χ3n) is 2.49. The molecular formula is C13H19FN2O2. The molecule has 4 nitrogen and oxygen atoms in total. The summed E-state index contributed by atoms with van der Waals surface area (Å²) in [7, 11) is 0. The Morgan fingerprint density at radius 1 is 1.50 bits per heavy atom. The molecule has 0 aliphatic rings. The minimum absolute atomic E-state index is 0.106. The zero-order chi connectivity index (χ0) is 13.9. The summed E-state index contributed by atoms with van der Waals surface area (Å²) in [5.74, 6) is -0.785. The minimum atomic E-state index is -0.986. The zero-order valence-corrected chi connectivity index (χ0v) is 10.9. The van der Waals surface area contributed by atoms with Crippen molar-refractivity contribution in [2.45, 2.75) is 26.4 Å². The molecule has 0 unspecified atom stereocenters. The van der Waals surface area contributed by atoms with E-state index in [0.717, 1.165) is 6.07 Å². The van der Waals surface area contributed by atoms with E-state index in [1.54, 1.807) is 13.8 Å². The summed E-state index contributed by atoms with van der Waals surface area (Å²) in [5.41, 5.74) is 5.00. The predicted octanol–water partition coefficient (Wildman–Crippen LogP) is 1.64. The van der Waals surface area contributed by atoms with Gasteiger partial charge in [-0.3, -0.25) is 4.79 Å². The molecule has 0 heterocycles. The van der Waals surface area contributed by atoms with E-state index < -0.39 is 11.4 Å². The highest BCUT2D eigenvalue weighted by molar-refractivity contribution is 5.99. The number of amides is 1. The fourth-order valence-corrected chi connectivity index (χ4v) is 1.69. The van der Waals surface area contributed by atoms with Crippen LogP contribution in [-0.4, -0.2) is 34.6 Å². The van der Waals surface area contributed by atoms with Crippen LogP contribution in [0.15, 0.2) is 18.2 Å². The first-order valence-corrected chi connectivity index (χ1v) is 5.81. The number of anilines is 1. The molecule has 0 radical (unpaired) electrons. The van der Waals surface area contributed by atoms with Crippen molar-refractivity contribution in [3.8, 4) is 0 Å². The molecule has 1 rings (SSSR count). The fraction of sp³-hybridized carbons (Fsp3) is 0.462. The lowest BCUT2D eigenvalue weighted by Gasteiger charge is -2.28. The number of nitrogens with two attached hydrogens (primary N) is 1. The molecule has 0 aliphatic heterocycles. The molecule has 0 aromatic heterocycles. The lowest BCUT2D eigenvalue weighted by Crippen LogP contribution is -2.42. The number of benzene rings is 1. The summed E-state index contributed by atoms with van der Waals surface area (Å²) in [4.78, 5) is 13.7. The normalized spacial score (nSPS) is 11.4. The van der Waals surface area contributed by atoms with E-state index in [9.17, 15) is 14.3 Å². The maximum atomic E-state index is 12.9. The van der Waals surface area contributed by atoms with Gasteiger partial charge in [0.1, 0.15) is 5.82 Å². The van der Waals surface area contributed by atoms with Gasteiger partial charge in [0.25, 0.3) is 5.91 Å². The van der Waals surface area contributed by atoms with Crippen molar-refractivity contribution in [2.75, 3.05) is 18.8 Å². The van der Waals surface area contributed by atoms with Gasteiger partial charge in [-0.15, -0.1) is 0 Å². The molecule has 3 N–H and O–H groups in total. The van der Waals surface area contributed by atoms with Crippen molar-refractivity contribution >= 4 is 11.6 Å². The van der Waals surface area contributed by atoms with Crippen LogP contribution in [0, 0.1) is 5.82 Å². The molecule has 18 heavy (non-hydrogen) atoms. The number of rotatable bonds is 4. The Morgan fingerprint density at radius 3 is 2.56 bits per heavy atom. The summed E-state index contributed by atoms with van der Waals surface area (Å²) < 4.78 is 12.9. The number of nitrogen functional groups attached to an aromatic ring is 1. The highest BCUT2D eigenvalue weighted by atomic mass is 19.1. The van der Waals surface area contributed by atoms with Gasteiger partial charge >= 0.3 is 0 Å². The Labute approximate surface area is 106 Å². The molecule has 1 aromatic rings. The Bertz CT molecular complexity index is 441. The summed E-state index contributed by atoms with van der Waals surface area (Å²) in [6, 6.07) is 3.67. The lowest BCUT2D eigenvalue weighted by molar-refractivity contribution is 0.0315. The third kappa shape index (κ3) is 3.70. The molecule has 0 bridgehead atoms. The molecule has 0 saturated carbocycles. The lowest BCUT2D eigenvalue weighted by atomic mass is 10.1. The van der Waals surface area contributed by atoms with Gasteiger partial charge in [0.15, 0.2) is 0 Å². The van der Waals surface area contributed by atoms with Crippen LogP contribution in [-0.2, 0) is 0 Å². The second-order valence-corrected chi connectivity index (χ2v) is 4.86. The molecule has 0 saturated heterocycles. The minimum Gasteiger partial charge on any atom is -0.398 e. The van der Waals surface area contributed by atoms with Crippen LogP contribution in [0.1, 0.15) is 31.1 Å². The molecule has 0 atom stereocenters.